The van der Waals surface area contributed by atoms with Gasteiger partial charge in [0.25, 0.3) is 0 Å². The lowest BCUT2D eigenvalue weighted by atomic mass is 10.0. The summed E-state index contributed by atoms with van der Waals surface area (Å²) in [4.78, 5) is 16.5. The number of pyridine rings is 1. The van der Waals surface area contributed by atoms with Crippen LogP contribution in [-0.2, 0) is 0 Å². The van der Waals surface area contributed by atoms with Gasteiger partial charge in [-0.3, -0.25) is 9.78 Å². The molecule has 0 aliphatic carbocycles. The monoisotopic (exact) mass is 295 g/mol. The molecule has 6 heteroatoms. The van der Waals surface area contributed by atoms with Gasteiger partial charge in [-0.05, 0) is 38.1 Å². The van der Waals surface area contributed by atoms with Crippen molar-refractivity contribution in [2.45, 2.75) is 20.2 Å². The Morgan fingerprint density at radius 3 is 2.48 bits per heavy atom. The Labute approximate surface area is 119 Å². The third kappa shape index (κ3) is 3.81. The number of benzene rings is 1. The molecule has 0 bridgehead atoms. The fourth-order valence-corrected chi connectivity index (χ4v) is 1.92. The van der Waals surface area contributed by atoms with E-state index < -0.39 is 17.9 Å². The van der Waals surface area contributed by atoms with Crippen LogP contribution in [0.3, 0.4) is 0 Å². The van der Waals surface area contributed by atoms with E-state index in [1.54, 1.807) is 26.0 Å². The van der Waals surface area contributed by atoms with Crippen LogP contribution in [0, 0.1) is 13.8 Å². The van der Waals surface area contributed by atoms with Crippen molar-refractivity contribution in [1.29, 1.82) is 0 Å². The molecule has 0 aliphatic rings. The van der Waals surface area contributed by atoms with E-state index in [2.05, 4.69) is 9.72 Å². The van der Waals surface area contributed by atoms with Crippen molar-refractivity contribution in [3.8, 4) is 5.75 Å². The van der Waals surface area contributed by atoms with Gasteiger partial charge < -0.3 is 4.74 Å². The SMILES string of the molecule is Cc1ccc(C(=O)c2cccc(OC(F)(F)F)c2)c(C)n1. The Hall–Kier alpha value is -2.37. The zero-order valence-corrected chi connectivity index (χ0v) is 11.4. The number of aryl methyl sites for hydroxylation is 2. The second-order valence-electron chi connectivity index (χ2n) is 4.49. The maximum atomic E-state index is 12.3. The summed E-state index contributed by atoms with van der Waals surface area (Å²) in [7, 11) is 0. The average molecular weight is 295 g/mol. The lowest BCUT2D eigenvalue weighted by Crippen LogP contribution is -2.17. The number of hydrogen-bond donors (Lipinski definition) is 0. The highest BCUT2D eigenvalue weighted by molar-refractivity contribution is 6.09. The van der Waals surface area contributed by atoms with E-state index in [1.165, 1.54) is 12.1 Å². The molecule has 0 radical (unpaired) electrons. The third-order valence-corrected chi connectivity index (χ3v) is 2.80. The average Bonchev–Trinajstić information content (AvgIpc) is 2.36. The molecule has 0 N–H and O–H groups in total. The minimum absolute atomic E-state index is 0.116. The lowest BCUT2D eigenvalue weighted by molar-refractivity contribution is -0.274. The number of alkyl halides is 3. The van der Waals surface area contributed by atoms with E-state index in [1.807, 2.05) is 0 Å². The highest BCUT2D eigenvalue weighted by Gasteiger charge is 2.31. The van der Waals surface area contributed by atoms with Crippen LogP contribution in [0.4, 0.5) is 13.2 Å². The second kappa shape index (κ2) is 5.55. The largest absolute Gasteiger partial charge is 0.573 e. The molecule has 0 saturated carbocycles. The molecule has 0 amide bonds. The summed E-state index contributed by atoms with van der Waals surface area (Å²) < 4.78 is 40.4. The number of rotatable bonds is 3. The molecule has 0 atom stereocenters. The summed E-state index contributed by atoms with van der Waals surface area (Å²) in [5, 5.41) is 0. The number of hydrogen-bond acceptors (Lipinski definition) is 3. The van der Waals surface area contributed by atoms with Crippen molar-refractivity contribution >= 4 is 5.78 Å². The first-order valence-electron chi connectivity index (χ1n) is 6.11. The number of ketones is 1. The number of ether oxygens (including phenoxy) is 1. The number of aromatic nitrogens is 1. The zero-order valence-electron chi connectivity index (χ0n) is 11.4. The highest BCUT2D eigenvalue weighted by atomic mass is 19.4. The molecule has 0 unspecified atom stereocenters. The minimum atomic E-state index is -4.79. The minimum Gasteiger partial charge on any atom is -0.406 e. The molecule has 1 aromatic heterocycles. The van der Waals surface area contributed by atoms with E-state index >= 15 is 0 Å². The van der Waals surface area contributed by atoms with Crippen LogP contribution >= 0.6 is 0 Å². The van der Waals surface area contributed by atoms with E-state index in [0.29, 0.717) is 11.3 Å². The summed E-state index contributed by atoms with van der Waals surface area (Å²) in [6, 6.07) is 8.27. The number of carbonyl (C=O) groups excluding carboxylic acids is 1. The number of nitrogens with zero attached hydrogens (tertiary/aromatic N) is 1. The molecule has 0 fully saturated rings. The van der Waals surface area contributed by atoms with Crippen LogP contribution in [0.15, 0.2) is 36.4 Å². The van der Waals surface area contributed by atoms with Crippen LogP contribution < -0.4 is 4.74 Å². The predicted molar refractivity (Wildman–Crippen MR) is 70.3 cm³/mol. The fourth-order valence-electron chi connectivity index (χ4n) is 1.92. The van der Waals surface area contributed by atoms with Gasteiger partial charge in [0.15, 0.2) is 5.78 Å². The smallest absolute Gasteiger partial charge is 0.406 e. The van der Waals surface area contributed by atoms with E-state index in [-0.39, 0.29) is 5.56 Å². The maximum absolute atomic E-state index is 12.3. The first-order chi connectivity index (χ1) is 9.76. The number of halogens is 3. The molecule has 2 aromatic rings. The summed E-state index contributed by atoms with van der Waals surface area (Å²) in [6.07, 6.45) is -4.79. The van der Waals surface area contributed by atoms with Crippen LogP contribution in [0.25, 0.3) is 0 Å². The third-order valence-electron chi connectivity index (χ3n) is 2.80. The van der Waals surface area contributed by atoms with E-state index in [4.69, 9.17) is 0 Å². The predicted octanol–water partition coefficient (Wildman–Crippen LogP) is 3.83. The first-order valence-corrected chi connectivity index (χ1v) is 6.11. The van der Waals surface area contributed by atoms with Gasteiger partial charge in [0, 0.05) is 22.5 Å². The molecule has 1 heterocycles. The Balaban J connectivity index is 2.33. The summed E-state index contributed by atoms with van der Waals surface area (Å²) >= 11 is 0. The van der Waals surface area contributed by atoms with E-state index in [0.717, 1.165) is 17.8 Å². The molecular formula is C15H12F3NO2. The van der Waals surface area contributed by atoms with Gasteiger partial charge in [-0.1, -0.05) is 12.1 Å². The summed E-state index contributed by atoms with van der Waals surface area (Å²) in [6.45, 7) is 3.47. The van der Waals surface area contributed by atoms with Crippen molar-refractivity contribution in [3.63, 3.8) is 0 Å². The zero-order chi connectivity index (χ0) is 15.6. The fraction of sp³-hybridized carbons (Fsp3) is 0.200. The van der Waals surface area contributed by atoms with Gasteiger partial charge in [0.1, 0.15) is 5.75 Å². The van der Waals surface area contributed by atoms with Crippen molar-refractivity contribution in [2.24, 2.45) is 0 Å². The topological polar surface area (TPSA) is 39.2 Å². The summed E-state index contributed by atoms with van der Waals surface area (Å²) in [5.41, 5.74) is 1.76. The van der Waals surface area contributed by atoms with Gasteiger partial charge >= 0.3 is 6.36 Å². The molecule has 0 saturated heterocycles. The molecule has 21 heavy (non-hydrogen) atoms. The van der Waals surface area contributed by atoms with E-state index in [9.17, 15) is 18.0 Å². The Morgan fingerprint density at radius 1 is 1.14 bits per heavy atom. The van der Waals surface area contributed by atoms with Crippen molar-refractivity contribution in [2.75, 3.05) is 0 Å². The van der Waals surface area contributed by atoms with Gasteiger partial charge in [-0.15, -0.1) is 13.2 Å². The summed E-state index contributed by atoms with van der Waals surface area (Å²) in [5.74, 6) is -0.821. The Bertz CT molecular complexity index is 681. The second-order valence-corrected chi connectivity index (χ2v) is 4.49. The van der Waals surface area contributed by atoms with Crippen molar-refractivity contribution in [1.82, 2.24) is 4.98 Å². The molecule has 0 spiro atoms. The molecule has 1 aromatic carbocycles. The Kier molecular flexibility index (Phi) is 3.97. The van der Waals surface area contributed by atoms with Gasteiger partial charge in [0.2, 0.25) is 0 Å². The number of carbonyl (C=O) groups is 1. The van der Waals surface area contributed by atoms with Gasteiger partial charge in [-0.2, -0.15) is 0 Å². The van der Waals surface area contributed by atoms with Crippen LogP contribution in [0.2, 0.25) is 0 Å². The standard InChI is InChI=1S/C15H12F3NO2/c1-9-6-7-13(10(2)19-9)14(20)11-4-3-5-12(8-11)21-15(16,17)18/h3-8H,1-2H3. The Morgan fingerprint density at radius 2 is 1.86 bits per heavy atom. The highest BCUT2D eigenvalue weighted by Crippen LogP contribution is 2.24. The normalized spacial score (nSPS) is 11.3. The first kappa shape index (κ1) is 15.0. The van der Waals surface area contributed by atoms with Crippen molar-refractivity contribution in [3.05, 3.63) is 58.9 Å². The molecule has 3 nitrogen and oxygen atoms in total. The van der Waals surface area contributed by atoms with Crippen LogP contribution in [-0.4, -0.2) is 17.1 Å². The van der Waals surface area contributed by atoms with Gasteiger partial charge in [0.05, 0.1) is 0 Å². The quantitative estimate of drug-likeness (QED) is 0.808. The molecule has 110 valence electrons. The molecular weight excluding hydrogens is 283 g/mol. The lowest BCUT2D eigenvalue weighted by Gasteiger charge is -2.10. The molecule has 2 rings (SSSR count). The van der Waals surface area contributed by atoms with Gasteiger partial charge in [-0.25, -0.2) is 0 Å². The molecule has 0 aliphatic heterocycles. The van der Waals surface area contributed by atoms with Crippen LogP contribution in [0.5, 0.6) is 5.75 Å². The maximum Gasteiger partial charge on any atom is 0.573 e. The van der Waals surface area contributed by atoms with Crippen LogP contribution in [0.1, 0.15) is 27.3 Å². The van der Waals surface area contributed by atoms with Crippen molar-refractivity contribution < 1.29 is 22.7 Å².